The Labute approximate surface area is 145 Å². The molecule has 1 aromatic carbocycles. The van der Waals surface area contributed by atoms with Crippen molar-refractivity contribution in [3.63, 3.8) is 0 Å². The van der Waals surface area contributed by atoms with Gasteiger partial charge in [-0.25, -0.2) is 0 Å². The van der Waals surface area contributed by atoms with Crippen LogP contribution in [0.3, 0.4) is 0 Å². The zero-order valence-corrected chi connectivity index (χ0v) is 14.8. The van der Waals surface area contributed by atoms with Gasteiger partial charge in [0.15, 0.2) is 5.78 Å². The third-order valence-corrected chi connectivity index (χ3v) is 5.14. The lowest BCUT2D eigenvalue weighted by atomic mass is 9.74. The van der Waals surface area contributed by atoms with E-state index < -0.39 is 11.2 Å². The third kappa shape index (κ3) is 3.08. The fourth-order valence-electron chi connectivity index (χ4n) is 3.34. The molecule has 0 radical (unpaired) electrons. The first kappa shape index (κ1) is 16.6. The number of allylic oxidation sites excluding steroid dienone is 1. The number of ketones is 1. The van der Waals surface area contributed by atoms with Crippen LogP contribution in [-0.4, -0.2) is 17.7 Å². The van der Waals surface area contributed by atoms with Crippen LogP contribution in [0.1, 0.15) is 31.7 Å². The molecule has 1 aliphatic heterocycles. The fourth-order valence-corrected chi connectivity index (χ4v) is 3.71. The molecule has 1 aromatic rings. The Morgan fingerprint density at radius 3 is 2.87 bits per heavy atom. The molecule has 3 unspecified atom stereocenters. The van der Waals surface area contributed by atoms with Crippen LogP contribution < -0.4 is 0 Å². The van der Waals surface area contributed by atoms with E-state index in [-0.39, 0.29) is 11.9 Å². The van der Waals surface area contributed by atoms with Crippen molar-refractivity contribution in [2.75, 3.05) is 0 Å². The van der Waals surface area contributed by atoms with E-state index in [0.29, 0.717) is 13.0 Å². The van der Waals surface area contributed by atoms with Gasteiger partial charge in [-0.1, -0.05) is 52.8 Å². The molecule has 122 valence electrons. The van der Waals surface area contributed by atoms with Crippen LogP contribution in [-0.2, 0) is 20.9 Å². The van der Waals surface area contributed by atoms with Crippen molar-refractivity contribution in [1.29, 1.82) is 0 Å². The summed E-state index contributed by atoms with van der Waals surface area (Å²) in [6.45, 7) is 6.25. The summed E-state index contributed by atoms with van der Waals surface area (Å²) in [5.41, 5.74) is 0.416. The van der Waals surface area contributed by atoms with Crippen molar-refractivity contribution in [3.8, 4) is 0 Å². The average Bonchev–Trinajstić information content (AvgIpc) is 2.79. The van der Waals surface area contributed by atoms with Gasteiger partial charge in [0.05, 0.1) is 18.1 Å². The van der Waals surface area contributed by atoms with E-state index in [2.05, 4.69) is 22.5 Å². The summed E-state index contributed by atoms with van der Waals surface area (Å²) in [5.74, 6) is -0.896. The molecule has 3 rings (SSSR count). The quantitative estimate of drug-likeness (QED) is 0.757. The molecule has 3 nitrogen and oxygen atoms in total. The zero-order valence-electron chi connectivity index (χ0n) is 13.3. The van der Waals surface area contributed by atoms with E-state index in [0.717, 1.165) is 22.9 Å². The van der Waals surface area contributed by atoms with Gasteiger partial charge in [0.1, 0.15) is 0 Å². The average molecular weight is 377 g/mol. The monoisotopic (exact) mass is 376 g/mol. The van der Waals surface area contributed by atoms with Crippen molar-refractivity contribution in [2.24, 2.45) is 5.41 Å². The number of fused-ring (bicyclic) bond motifs is 1. The number of carbonyl (C=O) groups excluding carboxylic acids is 1. The van der Waals surface area contributed by atoms with Gasteiger partial charge < -0.3 is 9.47 Å². The molecule has 1 aliphatic carbocycles. The molecular formula is C19H21BrO3. The summed E-state index contributed by atoms with van der Waals surface area (Å²) in [4.78, 5) is 12.4. The Kier molecular flexibility index (Phi) is 4.59. The number of ether oxygens (including phenoxy) is 2. The largest absolute Gasteiger partial charge is 0.342 e. The Balaban J connectivity index is 1.82. The van der Waals surface area contributed by atoms with E-state index in [1.165, 1.54) is 0 Å². The van der Waals surface area contributed by atoms with E-state index >= 15 is 0 Å². The van der Waals surface area contributed by atoms with Crippen molar-refractivity contribution >= 4 is 21.7 Å². The normalized spacial score (nSPS) is 32.8. The second kappa shape index (κ2) is 6.34. The van der Waals surface area contributed by atoms with Gasteiger partial charge in [-0.3, -0.25) is 4.79 Å². The van der Waals surface area contributed by atoms with Crippen molar-refractivity contribution in [1.82, 2.24) is 0 Å². The van der Waals surface area contributed by atoms with Gasteiger partial charge in [-0.15, -0.1) is 0 Å². The van der Waals surface area contributed by atoms with Gasteiger partial charge in [0.25, 0.3) is 0 Å². The highest BCUT2D eigenvalue weighted by molar-refractivity contribution is 9.11. The molecule has 1 saturated heterocycles. The molecule has 4 heteroatoms. The lowest BCUT2D eigenvalue weighted by molar-refractivity contribution is -0.298. The van der Waals surface area contributed by atoms with Gasteiger partial charge in [0.2, 0.25) is 5.79 Å². The van der Waals surface area contributed by atoms with Crippen LogP contribution >= 0.6 is 15.9 Å². The standard InChI is InChI=1S/C19H21BrO3/c1-14(20)12-16-8-10-18(2)17(21)9-11-19(18,23-16)22-13-15-6-4-3-5-7-15/h3-7,9,11,16H,1,8,10,12-13H2,2H3. The summed E-state index contributed by atoms with van der Waals surface area (Å²) >= 11 is 3.40. The van der Waals surface area contributed by atoms with Gasteiger partial charge >= 0.3 is 0 Å². The van der Waals surface area contributed by atoms with Crippen molar-refractivity contribution < 1.29 is 14.3 Å². The maximum atomic E-state index is 12.4. The van der Waals surface area contributed by atoms with Crippen LogP contribution in [0.25, 0.3) is 0 Å². The van der Waals surface area contributed by atoms with Gasteiger partial charge in [-0.2, -0.15) is 0 Å². The number of benzene rings is 1. The van der Waals surface area contributed by atoms with Crippen LogP contribution in [0.4, 0.5) is 0 Å². The number of halogens is 1. The summed E-state index contributed by atoms with van der Waals surface area (Å²) in [6, 6.07) is 9.94. The fraction of sp³-hybridized carbons (Fsp3) is 0.421. The minimum Gasteiger partial charge on any atom is -0.342 e. The minimum atomic E-state index is -0.981. The Morgan fingerprint density at radius 1 is 1.43 bits per heavy atom. The molecule has 1 fully saturated rings. The Morgan fingerprint density at radius 2 is 2.17 bits per heavy atom. The highest BCUT2D eigenvalue weighted by atomic mass is 79.9. The molecule has 0 N–H and O–H groups in total. The maximum Gasteiger partial charge on any atom is 0.201 e. The van der Waals surface area contributed by atoms with Crippen LogP contribution in [0.5, 0.6) is 0 Å². The summed E-state index contributed by atoms with van der Waals surface area (Å²) in [7, 11) is 0. The van der Waals surface area contributed by atoms with E-state index in [4.69, 9.17) is 9.47 Å². The molecule has 0 aromatic heterocycles. The van der Waals surface area contributed by atoms with Crippen molar-refractivity contribution in [2.45, 2.75) is 44.7 Å². The van der Waals surface area contributed by atoms with E-state index in [1.807, 2.05) is 37.3 Å². The van der Waals surface area contributed by atoms with Crippen LogP contribution in [0.2, 0.25) is 0 Å². The number of carbonyl (C=O) groups is 1. The number of hydrogen-bond acceptors (Lipinski definition) is 3. The first-order valence-corrected chi connectivity index (χ1v) is 8.67. The predicted octanol–water partition coefficient (Wildman–Crippen LogP) is 4.52. The Bertz CT molecular complexity index is 639. The molecule has 0 saturated carbocycles. The third-order valence-electron chi connectivity index (χ3n) is 4.82. The van der Waals surface area contributed by atoms with Gasteiger partial charge in [-0.05, 0) is 42.0 Å². The zero-order chi connectivity index (χ0) is 16.5. The van der Waals surface area contributed by atoms with Crippen LogP contribution in [0, 0.1) is 5.41 Å². The van der Waals surface area contributed by atoms with Crippen LogP contribution in [0.15, 0.2) is 53.5 Å². The molecule has 3 atom stereocenters. The number of hydrogen-bond donors (Lipinski definition) is 0. The predicted molar refractivity (Wildman–Crippen MR) is 93.0 cm³/mol. The molecule has 23 heavy (non-hydrogen) atoms. The lowest BCUT2D eigenvalue weighted by Crippen LogP contribution is -2.55. The SMILES string of the molecule is C=C(Br)CC1CCC2(C)C(=O)C=CC2(OCc2ccccc2)O1. The van der Waals surface area contributed by atoms with E-state index in [9.17, 15) is 4.79 Å². The molecule has 2 aliphatic rings. The Hall–Kier alpha value is -1.23. The molecule has 0 amide bonds. The highest BCUT2D eigenvalue weighted by Crippen LogP contribution is 2.51. The summed E-state index contributed by atoms with van der Waals surface area (Å²) < 4.78 is 13.4. The molecule has 1 heterocycles. The maximum absolute atomic E-state index is 12.4. The first-order valence-electron chi connectivity index (χ1n) is 7.88. The lowest BCUT2D eigenvalue weighted by Gasteiger charge is -2.47. The van der Waals surface area contributed by atoms with E-state index in [1.54, 1.807) is 12.2 Å². The second-order valence-corrected chi connectivity index (χ2v) is 7.59. The number of rotatable bonds is 5. The topological polar surface area (TPSA) is 35.5 Å². The second-order valence-electron chi connectivity index (χ2n) is 6.47. The molecule has 0 bridgehead atoms. The summed E-state index contributed by atoms with van der Waals surface area (Å²) in [5, 5.41) is 0. The minimum absolute atomic E-state index is 0.00118. The smallest absolute Gasteiger partial charge is 0.201 e. The first-order chi connectivity index (χ1) is 11.0. The molecular weight excluding hydrogens is 356 g/mol. The summed E-state index contributed by atoms with van der Waals surface area (Å²) in [6.07, 6.45) is 5.69. The van der Waals surface area contributed by atoms with Gasteiger partial charge in [0, 0.05) is 6.42 Å². The van der Waals surface area contributed by atoms with Crippen molar-refractivity contribution in [3.05, 3.63) is 59.1 Å². The molecule has 0 spiro atoms. The highest BCUT2D eigenvalue weighted by Gasteiger charge is 2.59.